The molecule has 2 aliphatic rings. The number of sulfonamides is 1. The van der Waals surface area contributed by atoms with E-state index in [0.29, 0.717) is 37.7 Å². The zero-order valence-electron chi connectivity index (χ0n) is 15.0. The molecule has 0 bridgehead atoms. The molecular formula is C19H28N2O3S. The fourth-order valence-corrected chi connectivity index (χ4v) is 4.95. The van der Waals surface area contributed by atoms with Crippen LogP contribution in [0.3, 0.4) is 0 Å². The Morgan fingerprint density at radius 3 is 2.16 bits per heavy atom. The number of rotatable bonds is 4. The Bertz CT molecular complexity index is 686. The number of piperazine rings is 1. The van der Waals surface area contributed by atoms with Crippen LogP contribution in [0.5, 0.6) is 0 Å². The normalized spacial score (nSPS) is 20.6. The highest BCUT2D eigenvalue weighted by atomic mass is 32.2. The maximum Gasteiger partial charge on any atom is 0.253 e. The molecule has 1 aliphatic carbocycles. The van der Waals surface area contributed by atoms with Gasteiger partial charge in [0.15, 0.2) is 0 Å². The number of nitrogens with zero attached hydrogens (tertiary/aromatic N) is 2. The first-order valence-corrected chi connectivity index (χ1v) is 11.0. The van der Waals surface area contributed by atoms with E-state index in [0.717, 1.165) is 0 Å². The van der Waals surface area contributed by atoms with Crippen molar-refractivity contribution in [1.29, 1.82) is 0 Å². The van der Waals surface area contributed by atoms with Crippen molar-refractivity contribution in [1.82, 2.24) is 9.21 Å². The number of hydrogen-bond acceptors (Lipinski definition) is 3. The minimum Gasteiger partial charge on any atom is -0.336 e. The first-order chi connectivity index (χ1) is 12.0. The molecule has 2 fully saturated rings. The summed E-state index contributed by atoms with van der Waals surface area (Å²) in [5.74, 6) is 0.758. The fraction of sp³-hybridized carbons (Fsp3) is 0.632. The van der Waals surface area contributed by atoms with Crippen LogP contribution in [-0.4, -0.2) is 55.5 Å². The Balaban J connectivity index is 1.60. The summed E-state index contributed by atoms with van der Waals surface area (Å²) in [7, 11) is -3.16. The van der Waals surface area contributed by atoms with Gasteiger partial charge in [0.1, 0.15) is 0 Å². The average Bonchev–Trinajstić information content (AvgIpc) is 2.68. The number of carbonyl (C=O) groups is 1. The molecule has 3 rings (SSSR count). The van der Waals surface area contributed by atoms with Gasteiger partial charge >= 0.3 is 0 Å². The molecule has 6 heteroatoms. The van der Waals surface area contributed by atoms with Crippen LogP contribution in [0.2, 0.25) is 0 Å². The van der Waals surface area contributed by atoms with E-state index in [2.05, 4.69) is 12.1 Å². The summed E-state index contributed by atoms with van der Waals surface area (Å²) in [5.41, 5.74) is 2.04. The van der Waals surface area contributed by atoms with Crippen molar-refractivity contribution in [2.24, 2.45) is 0 Å². The second-order valence-corrected chi connectivity index (χ2v) is 9.31. The van der Waals surface area contributed by atoms with E-state index >= 15 is 0 Å². The molecular weight excluding hydrogens is 336 g/mol. The van der Waals surface area contributed by atoms with Crippen molar-refractivity contribution in [3.63, 3.8) is 0 Å². The Hall–Kier alpha value is -1.40. The predicted octanol–water partition coefficient (Wildman–Crippen LogP) is 2.84. The molecule has 0 radical (unpaired) electrons. The molecule has 0 N–H and O–H groups in total. The third kappa shape index (κ3) is 4.23. The zero-order chi connectivity index (χ0) is 17.9. The Morgan fingerprint density at radius 2 is 1.60 bits per heavy atom. The smallest absolute Gasteiger partial charge is 0.253 e. The van der Waals surface area contributed by atoms with Gasteiger partial charge in [0.05, 0.1) is 5.75 Å². The predicted molar refractivity (Wildman–Crippen MR) is 99.2 cm³/mol. The average molecular weight is 365 g/mol. The Kier molecular flexibility index (Phi) is 5.79. The second-order valence-electron chi connectivity index (χ2n) is 7.05. The van der Waals surface area contributed by atoms with Gasteiger partial charge in [-0.15, -0.1) is 0 Å². The minimum atomic E-state index is -3.16. The molecule has 25 heavy (non-hydrogen) atoms. The summed E-state index contributed by atoms with van der Waals surface area (Å²) in [6, 6.07) is 8.06. The number of amides is 1. The topological polar surface area (TPSA) is 57.7 Å². The van der Waals surface area contributed by atoms with Crippen molar-refractivity contribution in [2.75, 3.05) is 31.9 Å². The maximum atomic E-state index is 12.7. The largest absolute Gasteiger partial charge is 0.336 e. The van der Waals surface area contributed by atoms with Crippen molar-refractivity contribution in [3.05, 3.63) is 35.4 Å². The van der Waals surface area contributed by atoms with Gasteiger partial charge < -0.3 is 4.90 Å². The molecule has 5 nitrogen and oxygen atoms in total. The van der Waals surface area contributed by atoms with E-state index in [1.54, 1.807) is 11.8 Å². The second kappa shape index (κ2) is 7.87. The van der Waals surface area contributed by atoms with Crippen LogP contribution in [-0.2, 0) is 10.0 Å². The van der Waals surface area contributed by atoms with Gasteiger partial charge in [0, 0.05) is 31.7 Å². The van der Waals surface area contributed by atoms with E-state index in [1.165, 1.54) is 42.0 Å². The summed E-state index contributed by atoms with van der Waals surface area (Å²) < 4.78 is 25.3. The molecule has 1 aromatic rings. The van der Waals surface area contributed by atoms with Gasteiger partial charge in [-0.25, -0.2) is 8.42 Å². The monoisotopic (exact) mass is 364 g/mol. The third-order valence-corrected chi connectivity index (χ3v) is 7.40. The first-order valence-electron chi connectivity index (χ1n) is 9.38. The number of hydrogen-bond donors (Lipinski definition) is 0. The van der Waals surface area contributed by atoms with E-state index in [4.69, 9.17) is 0 Å². The van der Waals surface area contributed by atoms with Crippen LogP contribution in [0.25, 0.3) is 0 Å². The van der Waals surface area contributed by atoms with Gasteiger partial charge in [0.2, 0.25) is 10.0 Å². The highest BCUT2D eigenvalue weighted by Gasteiger charge is 2.28. The summed E-state index contributed by atoms with van der Waals surface area (Å²) in [4.78, 5) is 14.4. The number of benzene rings is 1. The lowest BCUT2D eigenvalue weighted by Gasteiger charge is -2.34. The summed E-state index contributed by atoms with van der Waals surface area (Å²) >= 11 is 0. The molecule has 0 spiro atoms. The lowest BCUT2D eigenvalue weighted by atomic mass is 9.84. The van der Waals surface area contributed by atoms with E-state index in [-0.39, 0.29) is 11.7 Å². The lowest BCUT2D eigenvalue weighted by Crippen LogP contribution is -2.50. The molecule has 1 amide bonds. The molecule has 0 unspecified atom stereocenters. The van der Waals surface area contributed by atoms with E-state index in [9.17, 15) is 13.2 Å². The summed E-state index contributed by atoms with van der Waals surface area (Å²) in [5, 5.41) is 0. The summed E-state index contributed by atoms with van der Waals surface area (Å²) in [6.07, 6.45) is 6.45. The minimum absolute atomic E-state index is 0.00346. The first kappa shape index (κ1) is 18.4. The molecule has 0 aromatic heterocycles. The van der Waals surface area contributed by atoms with Gasteiger partial charge in [-0.2, -0.15) is 4.31 Å². The SMILES string of the molecule is CCS(=O)(=O)N1CCN(C(=O)c2ccc(C3CCCCC3)cc2)CC1. The fourth-order valence-electron chi connectivity index (χ4n) is 3.87. The summed E-state index contributed by atoms with van der Waals surface area (Å²) in [6.45, 7) is 3.36. The van der Waals surface area contributed by atoms with E-state index in [1.807, 2.05) is 12.1 Å². The molecule has 0 atom stereocenters. The van der Waals surface area contributed by atoms with Crippen molar-refractivity contribution >= 4 is 15.9 Å². The van der Waals surface area contributed by atoms with Crippen LogP contribution < -0.4 is 0 Å². The lowest BCUT2D eigenvalue weighted by molar-refractivity contribution is 0.0698. The van der Waals surface area contributed by atoms with Gasteiger partial charge in [-0.05, 0) is 43.4 Å². The highest BCUT2D eigenvalue weighted by Crippen LogP contribution is 2.32. The molecule has 1 heterocycles. The number of carbonyl (C=O) groups excluding carboxylic acids is 1. The van der Waals surface area contributed by atoms with Crippen LogP contribution >= 0.6 is 0 Å². The van der Waals surface area contributed by atoms with Crippen LogP contribution in [0.4, 0.5) is 0 Å². The van der Waals surface area contributed by atoms with Crippen LogP contribution in [0.1, 0.15) is 60.9 Å². The Morgan fingerprint density at radius 1 is 1.00 bits per heavy atom. The van der Waals surface area contributed by atoms with Crippen molar-refractivity contribution < 1.29 is 13.2 Å². The van der Waals surface area contributed by atoms with Crippen molar-refractivity contribution in [3.8, 4) is 0 Å². The van der Waals surface area contributed by atoms with Gasteiger partial charge in [0.25, 0.3) is 5.91 Å². The van der Waals surface area contributed by atoms with Crippen molar-refractivity contribution in [2.45, 2.75) is 44.9 Å². The molecule has 1 aromatic carbocycles. The van der Waals surface area contributed by atoms with Crippen LogP contribution in [0, 0.1) is 0 Å². The maximum absolute atomic E-state index is 12.7. The standard InChI is InChI=1S/C19H28N2O3S/c1-2-25(23,24)21-14-12-20(13-15-21)19(22)18-10-8-17(9-11-18)16-6-4-3-5-7-16/h8-11,16H,2-7,12-15H2,1H3. The molecule has 138 valence electrons. The molecule has 1 saturated heterocycles. The zero-order valence-corrected chi connectivity index (χ0v) is 15.8. The Labute approximate surface area is 151 Å². The molecule has 1 aliphatic heterocycles. The molecule has 1 saturated carbocycles. The quantitative estimate of drug-likeness (QED) is 0.825. The van der Waals surface area contributed by atoms with Gasteiger partial charge in [-0.3, -0.25) is 4.79 Å². The van der Waals surface area contributed by atoms with E-state index < -0.39 is 10.0 Å². The third-order valence-electron chi connectivity index (χ3n) is 5.52. The highest BCUT2D eigenvalue weighted by molar-refractivity contribution is 7.89. The van der Waals surface area contributed by atoms with Gasteiger partial charge in [-0.1, -0.05) is 31.4 Å². The van der Waals surface area contributed by atoms with Crippen LogP contribution in [0.15, 0.2) is 24.3 Å².